The first-order valence-corrected chi connectivity index (χ1v) is 5.47. The van der Waals surface area contributed by atoms with Gasteiger partial charge < -0.3 is 5.32 Å². The molecule has 0 spiro atoms. The lowest BCUT2D eigenvalue weighted by molar-refractivity contribution is 0.0962. The molecule has 84 valence electrons. The van der Waals surface area contributed by atoms with E-state index in [1.54, 1.807) is 7.05 Å². The highest BCUT2D eigenvalue weighted by molar-refractivity contribution is 5.95. The zero-order chi connectivity index (χ0) is 11.8. The van der Waals surface area contributed by atoms with Crippen LogP contribution >= 0.6 is 0 Å². The Morgan fingerprint density at radius 2 is 1.73 bits per heavy atom. The van der Waals surface area contributed by atoms with Crippen molar-refractivity contribution in [1.29, 1.82) is 0 Å². The molecule has 0 atom stereocenters. The molecule has 0 aromatic heterocycles. The van der Waals surface area contributed by atoms with Gasteiger partial charge in [0.1, 0.15) is 0 Å². The van der Waals surface area contributed by atoms with Crippen molar-refractivity contribution in [3.05, 3.63) is 35.4 Å². The Hall–Kier alpha value is -1.31. The summed E-state index contributed by atoms with van der Waals surface area (Å²) < 4.78 is 0. The lowest BCUT2D eigenvalue weighted by Gasteiger charge is -2.10. The molecule has 0 saturated carbocycles. The fourth-order valence-corrected chi connectivity index (χ4v) is 1.34. The van der Waals surface area contributed by atoms with Gasteiger partial charge in [0.2, 0.25) is 0 Å². The second-order valence-electron chi connectivity index (χ2n) is 3.32. The van der Waals surface area contributed by atoms with E-state index < -0.39 is 0 Å². The zero-order valence-electron chi connectivity index (χ0n) is 10.3. The molecule has 0 unspecified atom stereocenters. The number of benzene rings is 1. The van der Waals surface area contributed by atoms with Crippen molar-refractivity contribution in [3.8, 4) is 0 Å². The molecule has 0 heterocycles. The van der Waals surface area contributed by atoms with Crippen molar-refractivity contribution in [2.75, 3.05) is 7.05 Å². The summed E-state index contributed by atoms with van der Waals surface area (Å²) in [5.41, 5.74) is 1.88. The van der Waals surface area contributed by atoms with E-state index >= 15 is 0 Å². The zero-order valence-corrected chi connectivity index (χ0v) is 10.3. The lowest BCUT2D eigenvalue weighted by atomic mass is 9.97. The highest BCUT2D eigenvalue weighted by atomic mass is 16.1. The van der Waals surface area contributed by atoms with E-state index in [0.717, 1.165) is 11.1 Å². The number of carbonyl (C=O) groups is 1. The molecule has 2 nitrogen and oxygen atoms in total. The van der Waals surface area contributed by atoms with Crippen LogP contribution in [0.15, 0.2) is 24.3 Å². The second kappa shape index (κ2) is 7.04. The van der Waals surface area contributed by atoms with Crippen LogP contribution in [0.2, 0.25) is 0 Å². The molecule has 15 heavy (non-hydrogen) atoms. The van der Waals surface area contributed by atoms with Gasteiger partial charge in [0.05, 0.1) is 0 Å². The number of nitrogens with one attached hydrogen (secondary N) is 1. The summed E-state index contributed by atoms with van der Waals surface area (Å²) in [6.45, 7) is 8.17. The third-order valence-electron chi connectivity index (χ3n) is 2.05. The van der Waals surface area contributed by atoms with E-state index in [0.29, 0.717) is 5.92 Å². The summed E-state index contributed by atoms with van der Waals surface area (Å²) >= 11 is 0. The van der Waals surface area contributed by atoms with Crippen LogP contribution in [-0.4, -0.2) is 13.0 Å². The van der Waals surface area contributed by atoms with E-state index in [4.69, 9.17) is 0 Å². The van der Waals surface area contributed by atoms with Gasteiger partial charge >= 0.3 is 0 Å². The number of hydrogen-bond donors (Lipinski definition) is 1. The Kier molecular flexibility index (Phi) is 6.43. The number of carbonyl (C=O) groups excluding carboxylic acids is 1. The minimum absolute atomic E-state index is 0.00991. The molecule has 0 fully saturated rings. The first-order valence-electron chi connectivity index (χ1n) is 5.47. The van der Waals surface area contributed by atoms with Gasteiger partial charge in [0, 0.05) is 12.6 Å². The maximum atomic E-state index is 11.4. The first-order chi connectivity index (χ1) is 7.16. The summed E-state index contributed by atoms with van der Waals surface area (Å²) in [5.74, 6) is 0.373. The molecule has 0 aliphatic heterocycles. The second-order valence-corrected chi connectivity index (χ2v) is 3.32. The largest absolute Gasteiger partial charge is 0.355 e. The van der Waals surface area contributed by atoms with E-state index in [9.17, 15) is 4.79 Å². The highest BCUT2D eigenvalue weighted by Crippen LogP contribution is 2.18. The molecule has 0 aliphatic rings. The topological polar surface area (TPSA) is 29.1 Å². The molecule has 2 heteroatoms. The standard InChI is InChI=1S/C11H15NO.C2H6/c1-8(2)9-6-4-5-7-10(9)11(13)12-3;1-2/h4-8H,1-3H3,(H,12,13);1-2H3. The van der Waals surface area contributed by atoms with E-state index in [1.165, 1.54) is 0 Å². The fraction of sp³-hybridized carbons (Fsp3) is 0.462. The smallest absolute Gasteiger partial charge is 0.251 e. The highest BCUT2D eigenvalue weighted by Gasteiger charge is 2.10. The maximum Gasteiger partial charge on any atom is 0.251 e. The Bertz CT molecular complexity index is 305. The van der Waals surface area contributed by atoms with Gasteiger partial charge in [-0.15, -0.1) is 0 Å². The van der Waals surface area contributed by atoms with Crippen molar-refractivity contribution in [3.63, 3.8) is 0 Å². The summed E-state index contributed by atoms with van der Waals surface area (Å²) in [4.78, 5) is 11.4. The van der Waals surface area contributed by atoms with Gasteiger partial charge in [-0.05, 0) is 17.5 Å². The first kappa shape index (κ1) is 13.7. The van der Waals surface area contributed by atoms with Gasteiger partial charge in [-0.3, -0.25) is 4.79 Å². The molecule has 1 aromatic rings. The third-order valence-corrected chi connectivity index (χ3v) is 2.05. The van der Waals surface area contributed by atoms with Crippen LogP contribution in [-0.2, 0) is 0 Å². The molecular formula is C13H21NO. The van der Waals surface area contributed by atoms with Gasteiger partial charge in [-0.2, -0.15) is 0 Å². The Balaban J connectivity index is 0.000000921. The van der Waals surface area contributed by atoms with Crippen LogP contribution in [0.1, 0.15) is 49.5 Å². The fourth-order valence-electron chi connectivity index (χ4n) is 1.34. The average molecular weight is 207 g/mol. The van der Waals surface area contributed by atoms with Gasteiger partial charge in [0.25, 0.3) is 5.91 Å². The predicted octanol–water partition coefficient (Wildman–Crippen LogP) is 3.20. The van der Waals surface area contributed by atoms with Gasteiger partial charge in [0.15, 0.2) is 0 Å². The molecule has 1 aromatic carbocycles. The van der Waals surface area contributed by atoms with Gasteiger partial charge in [-0.1, -0.05) is 45.9 Å². The monoisotopic (exact) mass is 207 g/mol. The number of rotatable bonds is 2. The van der Waals surface area contributed by atoms with Crippen molar-refractivity contribution in [1.82, 2.24) is 5.32 Å². The lowest BCUT2D eigenvalue weighted by Crippen LogP contribution is -2.19. The molecule has 0 aliphatic carbocycles. The molecule has 0 bridgehead atoms. The maximum absolute atomic E-state index is 11.4. The van der Waals surface area contributed by atoms with Crippen molar-refractivity contribution >= 4 is 5.91 Å². The van der Waals surface area contributed by atoms with Crippen LogP contribution in [0.5, 0.6) is 0 Å². The predicted molar refractivity (Wildman–Crippen MR) is 65.3 cm³/mol. The number of amides is 1. The quantitative estimate of drug-likeness (QED) is 0.792. The molecular weight excluding hydrogens is 186 g/mol. The molecule has 0 saturated heterocycles. The van der Waals surface area contributed by atoms with Crippen molar-refractivity contribution in [2.24, 2.45) is 0 Å². The minimum atomic E-state index is -0.00991. The third kappa shape index (κ3) is 3.74. The molecule has 1 amide bonds. The molecule has 1 rings (SSSR count). The average Bonchev–Trinajstić information content (AvgIpc) is 2.30. The van der Waals surface area contributed by atoms with Crippen LogP contribution in [0.3, 0.4) is 0 Å². The van der Waals surface area contributed by atoms with E-state index in [-0.39, 0.29) is 5.91 Å². The summed E-state index contributed by atoms with van der Waals surface area (Å²) in [6, 6.07) is 7.70. The number of hydrogen-bond acceptors (Lipinski definition) is 1. The molecule has 1 N–H and O–H groups in total. The Morgan fingerprint density at radius 1 is 1.20 bits per heavy atom. The van der Waals surface area contributed by atoms with Gasteiger partial charge in [-0.25, -0.2) is 0 Å². The molecule has 0 radical (unpaired) electrons. The summed E-state index contributed by atoms with van der Waals surface area (Å²) in [5, 5.41) is 2.64. The normalized spacial score (nSPS) is 9.20. The summed E-state index contributed by atoms with van der Waals surface area (Å²) in [6.07, 6.45) is 0. The minimum Gasteiger partial charge on any atom is -0.355 e. The van der Waals surface area contributed by atoms with Crippen molar-refractivity contribution < 1.29 is 4.79 Å². The Morgan fingerprint density at radius 3 is 2.20 bits per heavy atom. The van der Waals surface area contributed by atoms with Crippen LogP contribution in [0, 0.1) is 0 Å². The Labute approximate surface area is 92.7 Å². The van der Waals surface area contributed by atoms with Crippen LogP contribution in [0.25, 0.3) is 0 Å². The van der Waals surface area contributed by atoms with Crippen LogP contribution in [0.4, 0.5) is 0 Å². The van der Waals surface area contributed by atoms with Crippen molar-refractivity contribution in [2.45, 2.75) is 33.6 Å². The van der Waals surface area contributed by atoms with Crippen LogP contribution < -0.4 is 5.32 Å². The SMILES string of the molecule is CC.CNC(=O)c1ccccc1C(C)C. The summed E-state index contributed by atoms with van der Waals surface area (Å²) in [7, 11) is 1.65. The van der Waals surface area contributed by atoms with E-state index in [2.05, 4.69) is 19.2 Å². The van der Waals surface area contributed by atoms with E-state index in [1.807, 2.05) is 38.1 Å².